The Bertz CT molecular complexity index is 2550. The van der Waals surface area contributed by atoms with E-state index >= 15 is 0 Å². The van der Waals surface area contributed by atoms with Gasteiger partial charge in [0.2, 0.25) is 0 Å². The van der Waals surface area contributed by atoms with Crippen molar-refractivity contribution in [2.75, 3.05) is 26.4 Å². The fourth-order valence-electron chi connectivity index (χ4n) is 9.95. The highest BCUT2D eigenvalue weighted by molar-refractivity contribution is 5.71. The molecule has 10 nitrogen and oxygen atoms in total. The molecule has 0 aromatic heterocycles. The van der Waals surface area contributed by atoms with E-state index in [4.69, 9.17) is 42.6 Å². The van der Waals surface area contributed by atoms with Gasteiger partial charge in [0.15, 0.2) is 25.5 Å². The zero-order chi connectivity index (χ0) is 65.8. The van der Waals surface area contributed by atoms with Crippen LogP contribution in [0, 0.1) is 5.92 Å². The molecule has 2 aliphatic rings. The minimum atomic E-state index is -0.471. The van der Waals surface area contributed by atoms with Gasteiger partial charge in [0, 0.05) is 13.0 Å². The summed E-state index contributed by atoms with van der Waals surface area (Å²) in [5.74, 6) is 7.87. The molecule has 1 saturated carbocycles. The van der Waals surface area contributed by atoms with Gasteiger partial charge in [-0.2, -0.15) is 0 Å². The Balaban J connectivity index is 0.000000293. The molecule has 1 heterocycles. The number of carbonyl (C=O) groups is 1. The number of ether oxygens (including phenoxy) is 9. The zero-order valence-electron chi connectivity index (χ0n) is 59.1. The highest BCUT2D eigenvalue weighted by Crippen LogP contribution is 2.30. The van der Waals surface area contributed by atoms with Crippen LogP contribution in [0.3, 0.4) is 0 Å². The maximum absolute atomic E-state index is 11.5. The third-order valence-electron chi connectivity index (χ3n) is 16.5. The second-order valence-electron chi connectivity index (χ2n) is 26.4. The first kappa shape index (κ1) is 77.7. The average molecular weight is 1230 g/mol. The number of esters is 1. The van der Waals surface area contributed by atoms with E-state index in [2.05, 4.69) is 175 Å². The van der Waals surface area contributed by atoms with Crippen molar-refractivity contribution in [3.05, 3.63) is 149 Å². The summed E-state index contributed by atoms with van der Waals surface area (Å²) in [6, 6.07) is 41.5. The fourth-order valence-corrected chi connectivity index (χ4v) is 9.95. The van der Waals surface area contributed by atoms with Crippen LogP contribution in [-0.4, -0.2) is 62.5 Å². The monoisotopic (exact) mass is 1230 g/mol. The van der Waals surface area contributed by atoms with Gasteiger partial charge in [-0.3, -0.25) is 0 Å². The second-order valence-corrected chi connectivity index (χ2v) is 26.4. The van der Waals surface area contributed by atoms with Crippen LogP contribution in [0.25, 0.3) is 0 Å². The quantitative estimate of drug-likeness (QED) is 0.0393. The molecule has 0 N–H and O–H groups in total. The van der Waals surface area contributed by atoms with E-state index in [1.807, 2.05) is 77.9 Å². The van der Waals surface area contributed by atoms with Gasteiger partial charge in [-0.05, 0) is 238 Å². The van der Waals surface area contributed by atoms with Crippen LogP contribution in [0.15, 0.2) is 121 Å². The Kier molecular flexibility index (Phi) is 37.1. The predicted molar refractivity (Wildman–Crippen MR) is 371 cm³/mol. The summed E-state index contributed by atoms with van der Waals surface area (Å²) in [5, 5.41) is 0. The number of rotatable bonds is 26. The van der Waals surface area contributed by atoms with E-state index < -0.39 is 5.60 Å². The van der Waals surface area contributed by atoms with Crippen LogP contribution in [0.4, 0.5) is 0 Å². The Morgan fingerprint density at radius 2 is 0.820 bits per heavy atom. The van der Waals surface area contributed by atoms with Gasteiger partial charge in [-0.15, -0.1) is 0 Å². The first-order valence-electron chi connectivity index (χ1n) is 34.3. The molecule has 8 unspecified atom stereocenters. The highest BCUT2D eigenvalue weighted by Gasteiger charge is 2.19. The maximum Gasteiger partial charge on any atom is 0.344 e. The van der Waals surface area contributed by atoms with E-state index in [9.17, 15) is 4.79 Å². The zero-order valence-corrected chi connectivity index (χ0v) is 59.1. The number of benzene rings is 5. The maximum atomic E-state index is 11.5. The minimum absolute atomic E-state index is 0.0433. The van der Waals surface area contributed by atoms with Gasteiger partial charge in [-0.25, -0.2) is 4.79 Å². The van der Waals surface area contributed by atoms with E-state index in [1.54, 1.807) is 0 Å². The van der Waals surface area contributed by atoms with Crippen LogP contribution < -0.4 is 23.7 Å². The van der Waals surface area contributed by atoms with Crippen molar-refractivity contribution in [3.8, 4) is 28.7 Å². The summed E-state index contributed by atoms with van der Waals surface area (Å²) >= 11 is 0. The summed E-state index contributed by atoms with van der Waals surface area (Å²) in [5.41, 5.74) is 6.20. The molecule has 1 saturated heterocycles. The molecule has 2 fully saturated rings. The summed E-state index contributed by atoms with van der Waals surface area (Å²) in [4.78, 5) is 11.5. The van der Waals surface area contributed by atoms with E-state index in [-0.39, 0.29) is 37.0 Å². The molecule has 1 aliphatic carbocycles. The third kappa shape index (κ3) is 33.4. The molecule has 5 aromatic rings. The molecule has 0 amide bonds. The van der Waals surface area contributed by atoms with Crippen LogP contribution in [0.5, 0.6) is 28.7 Å². The Morgan fingerprint density at radius 3 is 1.18 bits per heavy atom. The topological polar surface area (TPSA) is 100 Å². The summed E-state index contributed by atoms with van der Waals surface area (Å²) in [6.07, 6.45) is 16.9. The van der Waals surface area contributed by atoms with Crippen LogP contribution >= 0.6 is 0 Å². The van der Waals surface area contributed by atoms with Crippen molar-refractivity contribution in [2.45, 2.75) is 281 Å². The van der Waals surface area contributed by atoms with Crippen LogP contribution in [0.1, 0.15) is 279 Å². The predicted octanol–water partition coefficient (Wildman–Crippen LogP) is 22.3. The van der Waals surface area contributed by atoms with Gasteiger partial charge in [0.05, 0.1) is 13.2 Å². The Labute approximate surface area is 542 Å². The smallest absolute Gasteiger partial charge is 0.344 e. The molecule has 1 aliphatic heterocycles. The van der Waals surface area contributed by atoms with Gasteiger partial charge >= 0.3 is 5.97 Å². The van der Waals surface area contributed by atoms with Crippen LogP contribution in [-0.2, 0) is 23.7 Å². The molecular formula is C79H122O10. The summed E-state index contributed by atoms with van der Waals surface area (Å²) < 4.78 is 50.3. The Hall–Kier alpha value is -5.55. The lowest BCUT2D eigenvalue weighted by atomic mass is 9.87. The van der Waals surface area contributed by atoms with Gasteiger partial charge in [0.1, 0.15) is 39.9 Å². The van der Waals surface area contributed by atoms with Crippen molar-refractivity contribution in [2.24, 2.45) is 5.92 Å². The standard InChI is InChI=1S/C20H32O2.C16H24O3.C15H22O2.C14H22O2.C14H22O/c1-4-16(2)19-10-12-20(13-11-19)22-17(3)21-15-14-18-8-6-5-7-9-18;1-6-12(2)13-7-9-14(10-8-13)18-11-15(17)19-16(3,4)5;1-3-12(2)13-7-9-14(10-8-13)17-15-6-4-5-11-16-15;1-5-11(3)13-7-9-14(10-8-13)16-12(4)15-6-2;1-6-11(2)12-7-9-13(10-8-12)15-14(3,4)5/h10-13,16-18H,4-9,14-15H2,1-3H3;7-10,12H,6,11H2,1-5H3;7-10,12,15H,3-6,11H2,1-2H3;7-12H,5-6H2,1-4H3;7-11H,6H2,1-5H3. The van der Waals surface area contributed by atoms with Crippen molar-refractivity contribution in [1.29, 1.82) is 0 Å². The molecule has 0 spiro atoms. The van der Waals surface area contributed by atoms with Crippen molar-refractivity contribution in [3.63, 3.8) is 0 Å². The minimum Gasteiger partial charge on any atom is -0.488 e. The van der Waals surface area contributed by atoms with Crippen LogP contribution in [0.2, 0.25) is 0 Å². The first-order valence-corrected chi connectivity index (χ1v) is 34.3. The fraction of sp³-hybridized carbons (Fsp3) is 0.608. The Morgan fingerprint density at radius 1 is 0.449 bits per heavy atom. The van der Waals surface area contributed by atoms with Crippen molar-refractivity contribution in [1.82, 2.24) is 0 Å². The van der Waals surface area contributed by atoms with Gasteiger partial charge < -0.3 is 42.6 Å². The first-order chi connectivity index (χ1) is 42.4. The molecule has 8 atom stereocenters. The second kappa shape index (κ2) is 42.5. The van der Waals surface area contributed by atoms with E-state index in [0.29, 0.717) is 41.9 Å². The lowest BCUT2D eigenvalue weighted by Crippen LogP contribution is -2.27. The third-order valence-corrected chi connectivity index (χ3v) is 16.5. The van der Waals surface area contributed by atoms with Gasteiger partial charge in [0.25, 0.3) is 0 Å². The number of hydrogen-bond donors (Lipinski definition) is 0. The summed E-state index contributed by atoms with van der Waals surface area (Å²) in [6.45, 7) is 42.0. The lowest BCUT2D eigenvalue weighted by molar-refractivity contribution is -0.157. The molecule has 7 rings (SSSR count). The molecule has 5 aromatic carbocycles. The van der Waals surface area contributed by atoms with E-state index in [0.717, 1.165) is 67.8 Å². The normalized spacial score (nSPS) is 16.6. The SMILES string of the molecule is CCC(C)c1ccc(OC(C)(C)C)cc1.CCC(C)c1ccc(OC(C)OCCC2CCCCC2)cc1.CCC(C)c1ccc(OC2CCCCO2)cc1.CCC(C)c1ccc(OCC(=O)OC(C)(C)C)cc1.CCOC(C)Oc1ccc(C(C)CC)cc1. The molecule has 89 heavy (non-hydrogen) atoms. The molecule has 10 heteroatoms. The lowest BCUT2D eigenvalue weighted by Gasteiger charge is -2.23. The van der Waals surface area contributed by atoms with E-state index in [1.165, 1.54) is 92.0 Å². The van der Waals surface area contributed by atoms with Gasteiger partial charge in [-0.1, -0.05) is 162 Å². The molecule has 498 valence electrons. The number of hydrogen-bond acceptors (Lipinski definition) is 10. The number of carbonyl (C=O) groups excluding carboxylic acids is 1. The summed E-state index contributed by atoms with van der Waals surface area (Å²) in [7, 11) is 0. The molecule has 0 bridgehead atoms. The highest BCUT2D eigenvalue weighted by atomic mass is 16.7. The molecular weight excluding hydrogens is 1110 g/mol. The molecule has 0 radical (unpaired) electrons. The average Bonchev–Trinajstić information content (AvgIpc) is 3.73. The largest absolute Gasteiger partial charge is 0.488 e. The van der Waals surface area contributed by atoms with Crippen molar-refractivity contribution < 1.29 is 47.4 Å². The van der Waals surface area contributed by atoms with Crippen molar-refractivity contribution >= 4 is 5.97 Å².